The Bertz CT molecular complexity index is 383. The quantitative estimate of drug-likeness (QED) is 0.615. The zero-order chi connectivity index (χ0) is 8.55. The second-order valence-corrected chi connectivity index (χ2v) is 3.13. The lowest BCUT2D eigenvalue weighted by Gasteiger charge is -2.00. The molecule has 2 N–H and O–H groups in total. The van der Waals surface area contributed by atoms with Crippen molar-refractivity contribution in [1.82, 2.24) is 0 Å². The lowest BCUT2D eigenvalue weighted by Crippen LogP contribution is -1.85. The Morgan fingerprint density at radius 1 is 1.00 bits per heavy atom. The van der Waals surface area contributed by atoms with Crippen LogP contribution in [0.5, 0.6) is 0 Å². The first kappa shape index (κ1) is 7.44. The maximum atomic E-state index is 5.86. The lowest BCUT2D eigenvalue weighted by molar-refractivity contribution is 1.72. The second-order valence-electron chi connectivity index (χ2n) is 2.72. The van der Waals surface area contributed by atoms with Gasteiger partial charge in [-0.1, -0.05) is 35.9 Å². The van der Waals surface area contributed by atoms with E-state index in [1.165, 1.54) is 0 Å². The molecule has 12 heavy (non-hydrogen) atoms. The molecule has 2 heteroatoms. The Hall–Kier alpha value is -1.21. The molecule has 0 spiro atoms. The third kappa shape index (κ3) is 1.12. The van der Waals surface area contributed by atoms with Gasteiger partial charge >= 0.3 is 0 Å². The van der Waals surface area contributed by atoms with Crippen molar-refractivity contribution in [3.63, 3.8) is 0 Å². The van der Waals surface area contributed by atoms with Crippen molar-refractivity contribution >= 4 is 28.1 Å². The topological polar surface area (TPSA) is 26.0 Å². The highest BCUT2D eigenvalue weighted by atomic mass is 35.5. The monoisotopic (exact) mass is 177 g/mol. The molecule has 0 saturated heterocycles. The van der Waals surface area contributed by atoms with Crippen LogP contribution < -0.4 is 5.73 Å². The van der Waals surface area contributed by atoms with E-state index in [2.05, 4.69) is 0 Å². The molecule has 2 rings (SSSR count). The molecular formula is C10H8ClN. The average Bonchev–Trinajstić information content (AvgIpc) is 2.07. The number of fused-ring (bicyclic) bond motifs is 1. The summed E-state index contributed by atoms with van der Waals surface area (Å²) in [6.07, 6.45) is 0. The van der Waals surface area contributed by atoms with Crippen molar-refractivity contribution in [3.05, 3.63) is 41.4 Å². The first-order chi connectivity index (χ1) is 5.77. The Morgan fingerprint density at radius 2 is 1.58 bits per heavy atom. The summed E-state index contributed by atoms with van der Waals surface area (Å²) in [7, 11) is 0. The molecule has 2 aromatic carbocycles. The summed E-state index contributed by atoms with van der Waals surface area (Å²) in [5.74, 6) is 0. The summed E-state index contributed by atoms with van der Waals surface area (Å²) in [5, 5.41) is 2.87. The Morgan fingerprint density at radius 3 is 2.25 bits per heavy atom. The van der Waals surface area contributed by atoms with Crippen LogP contribution in [0.2, 0.25) is 5.02 Å². The highest BCUT2D eigenvalue weighted by molar-refractivity contribution is 6.33. The molecule has 0 fully saturated rings. The van der Waals surface area contributed by atoms with Crippen molar-refractivity contribution < 1.29 is 0 Å². The van der Waals surface area contributed by atoms with E-state index in [1.807, 2.05) is 36.4 Å². The van der Waals surface area contributed by atoms with Crippen LogP contribution in [0.25, 0.3) is 10.8 Å². The fraction of sp³-hybridized carbons (Fsp3) is 0. The Labute approximate surface area is 75.8 Å². The summed E-state index contributed by atoms with van der Waals surface area (Å²) in [4.78, 5) is 0. The minimum absolute atomic E-state index is 0.619. The normalized spacial score (nSPS) is 10.4. The second kappa shape index (κ2) is 2.68. The molecule has 0 bridgehead atoms. The fourth-order valence-electron chi connectivity index (χ4n) is 1.23. The molecule has 0 atom stereocenters. The minimum Gasteiger partial charge on any atom is -0.398 e. The van der Waals surface area contributed by atoms with Gasteiger partial charge in [-0.15, -0.1) is 0 Å². The van der Waals surface area contributed by atoms with Gasteiger partial charge in [0.15, 0.2) is 0 Å². The van der Waals surface area contributed by atoms with E-state index in [0.717, 1.165) is 10.8 Å². The van der Waals surface area contributed by atoms with Crippen molar-refractivity contribution in [1.29, 1.82) is 0 Å². The van der Waals surface area contributed by atoms with Crippen LogP contribution in [0.4, 0.5) is 5.69 Å². The predicted octanol–water partition coefficient (Wildman–Crippen LogP) is 3.08. The van der Waals surface area contributed by atoms with Gasteiger partial charge in [-0.2, -0.15) is 0 Å². The smallest absolute Gasteiger partial charge is 0.0641 e. The molecule has 0 saturated carbocycles. The third-order valence-electron chi connectivity index (χ3n) is 1.87. The summed E-state index contributed by atoms with van der Waals surface area (Å²) in [5.41, 5.74) is 6.29. The molecule has 1 nitrogen and oxygen atoms in total. The van der Waals surface area contributed by atoms with Gasteiger partial charge in [0.2, 0.25) is 0 Å². The zero-order valence-corrected chi connectivity index (χ0v) is 7.18. The maximum absolute atomic E-state index is 5.86. The van der Waals surface area contributed by atoms with Gasteiger partial charge in [0.25, 0.3) is 0 Å². The molecule has 0 heterocycles. The Balaban J connectivity index is 2.84. The summed E-state index contributed by atoms with van der Waals surface area (Å²) >= 11 is 5.86. The van der Waals surface area contributed by atoms with Gasteiger partial charge in [0.05, 0.1) is 10.7 Å². The Kier molecular flexibility index (Phi) is 1.66. The van der Waals surface area contributed by atoms with Gasteiger partial charge in [-0.3, -0.25) is 0 Å². The summed E-state index contributed by atoms with van der Waals surface area (Å²) < 4.78 is 0. The molecule has 0 amide bonds. The largest absolute Gasteiger partial charge is 0.398 e. The number of halogens is 1. The van der Waals surface area contributed by atoms with Gasteiger partial charge in [-0.05, 0) is 22.9 Å². The van der Waals surface area contributed by atoms with Crippen LogP contribution in [0.15, 0.2) is 36.4 Å². The number of hydrogen-bond donors (Lipinski definition) is 1. The third-order valence-corrected chi connectivity index (χ3v) is 2.19. The number of hydrogen-bond acceptors (Lipinski definition) is 1. The summed E-state index contributed by atoms with van der Waals surface area (Å²) in [6, 6.07) is 11.8. The number of nitrogen functional groups attached to an aromatic ring is 1. The van der Waals surface area contributed by atoms with Crippen LogP contribution in [-0.2, 0) is 0 Å². The van der Waals surface area contributed by atoms with E-state index in [4.69, 9.17) is 17.3 Å². The van der Waals surface area contributed by atoms with Crippen LogP contribution in [-0.4, -0.2) is 0 Å². The van der Waals surface area contributed by atoms with Crippen LogP contribution in [0, 0.1) is 0 Å². The van der Waals surface area contributed by atoms with Crippen molar-refractivity contribution in [2.45, 2.75) is 0 Å². The van der Waals surface area contributed by atoms with Gasteiger partial charge in [0.1, 0.15) is 0 Å². The lowest BCUT2D eigenvalue weighted by atomic mass is 10.1. The van der Waals surface area contributed by atoms with E-state index in [1.54, 1.807) is 0 Å². The molecule has 60 valence electrons. The first-order valence-corrected chi connectivity index (χ1v) is 4.09. The van der Waals surface area contributed by atoms with E-state index in [0.29, 0.717) is 10.7 Å². The fourth-order valence-corrected chi connectivity index (χ4v) is 1.40. The van der Waals surface area contributed by atoms with E-state index in [-0.39, 0.29) is 0 Å². The SMILES string of the molecule is Nc1cc2ccccc2cc1Cl. The summed E-state index contributed by atoms with van der Waals surface area (Å²) in [6.45, 7) is 0. The first-order valence-electron chi connectivity index (χ1n) is 3.71. The number of benzene rings is 2. The molecule has 0 unspecified atom stereocenters. The van der Waals surface area contributed by atoms with Crippen molar-refractivity contribution in [3.8, 4) is 0 Å². The van der Waals surface area contributed by atoms with Gasteiger partial charge < -0.3 is 5.73 Å². The molecule has 0 radical (unpaired) electrons. The van der Waals surface area contributed by atoms with Crippen molar-refractivity contribution in [2.24, 2.45) is 0 Å². The zero-order valence-electron chi connectivity index (χ0n) is 6.42. The van der Waals surface area contributed by atoms with E-state index < -0.39 is 0 Å². The highest BCUT2D eigenvalue weighted by Gasteiger charge is 1.97. The van der Waals surface area contributed by atoms with E-state index >= 15 is 0 Å². The van der Waals surface area contributed by atoms with Gasteiger partial charge in [0, 0.05) is 0 Å². The molecule has 0 aromatic heterocycles. The molecular weight excluding hydrogens is 170 g/mol. The van der Waals surface area contributed by atoms with Gasteiger partial charge in [-0.25, -0.2) is 0 Å². The predicted molar refractivity (Wildman–Crippen MR) is 53.4 cm³/mol. The minimum atomic E-state index is 0.619. The molecule has 0 aliphatic heterocycles. The number of anilines is 1. The van der Waals surface area contributed by atoms with Crippen LogP contribution in [0.1, 0.15) is 0 Å². The van der Waals surface area contributed by atoms with Crippen LogP contribution in [0.3, 0.4) is 0 Å². The number of nitrogens with two attached hydrogens (primary N) is 1. The van der Waals surface area contributed by atoms with Crippen molar-refractivity contribution in [2.75, 3.05) is 5.73 Å². The molecule has 2 aromatic rings. The highest BCUT2D eigenvalue weighted by Crippen LogP contribution is 2.25. The van der Waals surface area contributed by atoms with E-state index in [9.17, 15) is 0 Å². The van der Waals surface area contributed by atoms with Crippen LogP contribution >= 0.6 is 11.6 Å². The molecule has 0 aliphatic carbocycles. The average molecular weight is 178 g/mol. The number of rotatable bonds is 0. The molecule has 0 aliphatic rings. The maximum Gasteiger partial charge on any atom is 0.0641 e. The standard InChI is InChI=1S/C10H8ClN/c11-9-5-7-3-1-2-4-8(7)6-10(9)12/h1-6H,12H2.